The van der Waals surface area contributed by atoms with Gasteiger partial charge in [-0.3, -0.25) is 0 Å². The Kier molecular flexibility index (Phi) is 3.91. The first-order valence-corrected chi connectivity index (χ1v) is 4.77. The van der Waals surface area contributed by atoms with Crippen LogP contribution in [0.1, 0.15) is 24.5 Å². The zero-order valence-electron chi connectivity index (χ0n) is 8.90. The van der Waals surface area contributed by atoms with Crippen LogP contribution in [-0.4, -0.2) is 22.6 Å². The fraction of sp³-hybridized carbons (Fsp3) is 0.400. The fourth-order valence-electron chi connectivity index (χ4n) is 1.20. The Morgan fingerprint density at radius 1 is 1.67 bits per heavy atom. The lowest BCUT2D eigenvalue weighted by Gasteiger charge is -2.10. The first-order chi connectivity index (χ1) is 7.20. The van der Waals surface area contributed by atoms with E-state index in [9.17, 15) is 0 Å². The molecule has 0 fully saturated rings. The molecule has 5 heteroatoms. The highest BCUT2D eigenvalue weighted by Crippen LogP contribution is 2.18. The molecule has 0 aromatic carbocycles. The third kappa shape index (κ3) is 2.59. The molecule has 0 saturated carbocycles. The molecule has 0 aliphatic carbocycles. The highest BCUT2D eigenvalue weighted by atomic mass is 16.5. The normalized spacial score (nSPS) is 11.5. The minimum atomic E-state index is 0.0201. The molecule has 0 aliphatic heterocycles. The van der Waals surface area contributed by atoms with E-state index in [2.05, 4.69) is 10.1 Å². The molecule has 0 bridgehead atoms. The summed E-state index contributed by atoms with van der Waals surface area (Å²) >= 11 is 0. The molecule has 1 aromatic heterocycles. The number of rotatable bonds is 4. The number of hydrogen-bond acceptors (Lipinski definition) is 4. The van der Waals surface area contributed by atoms with Crippen molar-refractivity contribution in [3.8, 4) is 5.88 Å². The van der Waals surface area contributed by atoms with Crippen molar-refractivity contribution < 1.29 is 9.94 Å². The third-order valence-electron chi connectivity index (χ3n) is 1.93. The summed E-state index contributed by atoms with van der Waals surface area (Å²) in [6.45, 7) is 4.41. The van der Waals surface area contributed by atoms with E-state index in [4.69, 9.17) is 15.7 Å². The van der Waals surface area contributed by atoms with Crippen LogP contribution in [0.25, 0.3) is 0 Å². The molecule has 1 heterocycles. The van der Waals surface area contributed by atoms with Gasteiger partial charge < -0.3 is 15.7 Å². The molecule has 0 unspecified atom stereocenters. The summed E-state index contributed by atoms with van der Waals surface area (Å²) < 4.78 is 5.41. The van der Waals surface area contributed by atoms with Crippen LogP contribution in [-0.2, 0) is 0 Å². The number of nitrogens with zero attached hydrogens (tertiary/aromatic N) is 2. The molecule has 0 aliphatic rings. The number of nitrogens with two attached hydrogens (primary N) is 1. The van der Waals surface area contributed by atoms with Crippen molar-refractivity contribution in [2.75, 3.05) is 6.61 Å². The van der Waals surface area contributed by atoms with Crippen molar-refractivity contribution in [2.24, 2.45) is 10.9 Å². The molecule has 1 aromatic rings. The lowest BCUT2D eigenvalue weighted by atomic mass is 10.1. The number of amidine groups is 1. The molecule has 0 spiro atoms. The topological polar surface area (TPSA) is 80.7 Å². The van der Waals surface area contributed by atoms with Crippen LogP contribution in [0.3, 0.4) is 0 Å². The molecule has 0 radical (unpaired) electrons. The molecular formula is C10H15N3O2. The number of hydrogen-bond donors (Lipinski definition) is 2. The number of ether oxygens (including phenoxy) is 1. The minimum absolute atomic E-state index is 0.0201. The maximum atomic E-state index is 8.64. The number of aryl methyl sites for hydroxylation is 1. The zero-order valence-corrected chi connectivity index (χ0v) is 8.90. The summed E-state index contributed by atoms with van der Waals surface area (Å²) in [6, 6.07) is 1.78. The van der Waals surface area contributed by atoms with E-state index in [1.807, 2.05) is 13.8 Å². The van der Waals surface area contributed by atoms with Gasteiger partial charge in [0.15, 0.2) is 5.84 Å². The van der Waals surface area contributed by atoms with Crippen molar-refractivity contribution in [2.45, 2.75) is 20.3 Å². The van der Waals surface area contributed by atoms with Crippen molar-refractivity contribution >= 4 is 5.84 Å². The maximum Gasteiger partial charge on any atom is 0.224 e. The SMILES string of the molecule is CCCOc1nccc(C)c1/C(N)=N/O. The first-order valence-electron chi connectivity index (χ1n) is 4.77. The van der Waals surface area contributed by atoms with Gasteiger partial charge in [-0.1, -0.05) is 12.1 Å². The summed E-state index contributed by atoms with van der Waals surface area (Å²) in [5, 5.41) is 11.6. The molecular weight excluding hydrogens is 194 g/mol. The standard InChI is InChI=1S/C10H15N3O2/c1-3-6-15-10-8(9(11)13-14)7(2)4-5-12-10/h4-5,14H,3,6H2,1-2H3,(H2,11,13). The number of aromatic nitrogens is 1. The second-order valence-corrected chi connectivity index (χ2v) is 3.14. The van der Waals surface area contributed by atoms with Gasteiger partial charge in [0.05, 0.1) is 12.2 Å². The van der Waals surface area contributed by atoms with Crippen molar-refractivity contribution in [1.29, 1.82) is 0 Å². The van der Waals surface area contributed by atoms with Crippen LogP contribution in [0, 0.1) is 6.92 Å². The third-order valence-corrected chi connectivity index (χ3v) is 1.93. The Balaban J connectivity index is 3.09. The van der Waals surface area contributed by atoms with E-state index in [1.165, 1.54) is 0 Å². The maximum absolute atomic E-state index is 8.64. The van der Waals surface area contributed by atoms with Gasteiger partial charge >= 0.3 is 0 Å². The van der Waals surface area contributed by atoms with E-state index in [-0.39, 0.29) is 5.84 Å². The Morgan fingerprint density at radius 2 is 2.40 bits per heavy atom. The summed E-state index contributed by atoms with van der Waals surface area (Å²) in [6.07, 6.45) is 2.51. The molecule has 82 valence electrons. The van der Waals surface area contributed by atoms with E-state index in [0.717, 1.165) is 12.0 Å². The van der Waals surface area contributed by atoms with E-state index in [1.54, 1.807) is 12.3 Å². The predicted molar refractivity (Wildman–Crippen MR) is 57.3 cm³/mol. The van der Waals surface area contributed by atoms with Gasteiger partial charge in [0.25, 0.3) is 0 Å². The second kappa shape index (κ2) is 5.19. The molecule has 1 rings (SSSR count). The first kappa shape index (κ1) is 11.3. The van der Waals surface area contributed by atoms with E-state index >= 15 is 0 Å². The van der Waals surface area contributed by atoms with Crippen LogP contribution in [0.2, 0.25) is 0 Å². The Bertz CT molecular complexity index is 364. The lowest BCUT2D eigenvalue weighted by molar-refractivity contribution is 0.302. The monoisotopic (exact) mass is 209 g/mol. The van der Waals surface area contributed by atoms with Crippen molar-refractivity contribution in [3.05, 3.63) is 23.4 Å². The van der Waals surface area contributed by atoms with Gasteiger partial charge in [-0.2, -0.15) is 0 Å². The lowest BCUT2D eigenvalue weighted by Crippen LogP contribution is -2.17. The van der Waals surface area contributed by atoms with Gasteiger partial charge in [0, 0.05) is 6.20 Å². The smallest absolute Gasteiger partial charge is 0.224 e. The van der Waals surface area contributed by atoms with E-state index in [0.29, 0.717) is 18.1 Å². The summed E-state index contributed by atoms with van der Waals surface area (Å²) in [5.74, 6) is 0.429. The van der Waals surface area contributed by atoms with Crippen LogP contribution < -0.4 is 10.5 Å². The molecule has 0 amide bonds. The second-order valence-electron chi connectivity index (χ2n) is 3.14. The number of oxime groups is 1. The summed E-state index contributed by atoms with van der Waals surface area (Å²) in [5.41, 5.74) is 6.96. The Hall–Kier alpha value is -1.78. The van der Waals surface area contributed by atoms with Crippen LogP contribution in [0.15, 0.2) is 17.4 Å². The van der Waals surface area contributed by atoms with Gasteiger partial charge in [0.1, 0.15) is 0 Å². The van der Waals surface area contributed by atoms with Gasteiger partial charge in [-0.05, 0) is 25.0 Å². The van der Waals surface area contributed by atoms with Crippen LogP contribution in [0.5, 0.6) is 5.88 Å². The van der Waals surface area contributed by atoms with Crippen LogP contribution in [0.4, 0.5) is 0 Å². The van der Waals surface area contributed by atoms with Crippen LogP contribution >= 0.6 is 0 Å². The summed E-state index contributed by atoms with van der Waals surface area (Å²) in [4.78, 5) is 4.05. The molecule has 3 N–H and O–H groups in total. The molecule has 15 heavy (non-hydrogen) atoms. The van der Waals surface area contributed by atoms with Crippen molar-refractivity contribution in [1.82, 2.24) is 4.98 Å². The highest BCUT2D eigenvalue weighted by molar-refractivity contribution is 6.00. The predicted octanol–water partition coefficient (Wildman–Crippen LogP) is 1.27. The van der Waals surface area contributed by atoms with Gasteiger partial charge in [-0.15, -0.1) is 0 Å². The molecule has 5 nitrogen and oxygen atoms in total. The average Bonchev–Trinajstić information content (AvgIpc) is 2.25. The quantitative estimate of drug-likeness (QED) is 0.338. The average molecular weight is 209 g/mol. The Labute approximate surface area is 88.6 Å². The highest BCUT2D eigenvalue weighted by Gasteiger charge is 2.12. The zero-order chi connectivity index (χ0) is 11.3. The van der Waals surface area contributed by atoms with Crippen molar-refractivity contribution in [3.63, 3.8) is 0 Å². The minimum Gasteiger partial charge on any atom is -0.477 e. The van der Waals surface area contributed by atoms with Gasteiger partial charge in [-0.25, -0.2) is 4.98 Å². The molecule has 0 saturated heterocycles. The van der Waals surface area contributed by atoms with Gasteiger partial charge in [0.2, 0.25) is 5.88 Å². The Morgan fingerprint density at radius 3 is 3.00 bits per heavy atom. The van der Waals surface area contributed by atoms with E-state index < -0.39 is 0 Å². The molecule has 0 atom stereocenters. The largest absolute Gasteiger partial charge is 0.477 e. The summed E-state index contributed by atoms with van der Waals surface area (Å²) in [7, 11) is 0. The number of pyridine rings is 1. The fourth-order valence-corrected chi connectivity index (χ4v) is 1.20.